The number of carbonyl (C=O) groups is 1. The Morgan fingerprint density at radius 3 is 2.60 bits per heavy atom. The van der Waals surface area contributed by atoms with E-state index in [0.717, 1.165) is 17.5 Å². The topological polar surface area (TPSA) is 30.0 Å². The predicted octanol–water partition coefficient (Wildman–Crippen LogP) is 2.36. The predicted molar refractivity (Wildman–Crippen MR) is 53.9 cm³/mol. The molecular formula is C12H8IrNO-. The summed E-state index contributed by atoms with van der Waals surface area (Å²) in [7, 11) is 0. The average molecular weight is 374 g/mol. The number of pyridine rings is 1. The standard InChI is InChI=1S/C12H8NO.Ir/c14-9-10-4-6-11(7-5-10)12-3-1-2-8-13-12;/h1-6,8-9H;/q-1;. The molecule has 0 spiro atoms. The minimum atomic E-state index is 0. The molecule has 0 saturated carbocycles. The third-order valence-corrected chi connectivity index (χ3v) is 1.91. The first-order chi connectivity index (χ1) is 6.90. The zero-order valence-electron chi connectivity index (χ0n) is 7.81. The molecule has 77 valence electrons. The van der Waals surface area contributed by atoms with Crippen molar-refractivity contribution in [1.82, 2.24) is 4.98 Å². The summed E-state index contributed by atoms with van der Waals surface area (Å²) >= 11 is 0. The van der Waals surface area contributed by atoms with Crippen LogP contribution in [0.1, 0.15) is 10.4 Å². The second kappa shape index (κ2) is 5.54. The minimum absolute atomic E-state index is 0. The Hall–Kier alpha value is -1.31. The van der Waals surface area contributed by atoms with Gasteiger partial charge >= 0.3 is 0 Å². The molecule has 2 nitrogen and oxygen atoms in total. The molecule has 0 saturated heterocycles. The molecule has 2 aromatic rings. The Bertz CT molecular complexity index is 425. The third kappa shape index (κ3) is 2.82. The normalized spacial score (nSPS) is 9.07. The second-order valence-electron chi connectivity index (χ2n) is 2.87. The van der Waals surface area contributed by atoms with Gasteiger partial charge in [0, 0.05) is 26.3 Å². The summed E-state index contributed by atoms with van der Waals surface area (Å²) in [5, 5.41) is 0. The Labute approximate surface area is 102 Å². The molecule has 0 aliphatic rings. The maximum atomic E-state index is 10.4. The van der Waals surface area contributed by atoms with E-state index in [2.05, 4.69) is 11.1 Å². The summed E-state index contributed by atoms with van der Waals surface area (Å²) in [5.74, 6) is 0. The number of nitrogens with zero attached hydrogens (tertiary/aromatic N) is 1. The fourth-order valence-electron chi connectivity index (χ4n) is 1.19. The number of aldehydes is 1. The summed E-state index contributed by atoms with van der Waals surface area (Å²) in [6, 6.07) is 14.0. The minimum Gasteiger partial charge on any atom is -0.309 e. The van der Waals surface area contributed by atoms with Crippen LogP contribution >= 0.6 is 0 Å². The molecule has 1 aromatic carbocycles. The molecule has 1 heterocycles. The summed E-state index contributed by atoms with van der Waals surface area (Å²) < 4.78 is 0. The summed E-state index contributed by atoms with van der Waals surface area (Å²) in [6.45, 7) is 0. The summed E-state index contributed by atoms with van der Waals surface area (Å²) in [6.07, 6.45) is 2.54. The Morgan fingerprint density at radius 1 is 1.20 bits per heavy atom. The van der Waals surface area contributed by atoms with Crippen molar-refractivity contribution >= 4 is 6.29 Å². The van der Waals surface area contributed by atoms with Gasteiger partial charge in [-0.25, -0.2) is 0 Å². The molecule has 0 aliphatic heterocycles. The van der Waals surface area contributed by atoms with E-state index in [0.29, 0.717) is 5.56 Å². The van der Waals surface area contributed by atoms with Crippen LogP contribution in [0.5, 0.6) is 0 Å². The Morgan fingerprint density at radius 2 is 2.07 bits per heavy atom. The largest absolute Gasteiger partial charge is 0.309 e. The molecule has 0 N–H and O–H groups in total. The van der Waals surface area contributed by atoms with Crippen molar-refractivity contribution in [3.05, 3.63) is 54.2 Å². The van der Waals surface area contributed by atoms with Gasteiger partial charge in [-0.2, -0.15) is 0 Å². The van der Waals surface area contributed by atoms with Gasteiger partial charge in [0.25, 0.3) is 0 Å². The number of aromatic nitrogens is 1. The molecule has 2 rings (SSSR count). The van der Waals surface area contributed by atoms with Gasteiger partial charge in [-0.05, 0) is 11.8 Å². The Kier molecular flexibility index (Phi) is 4.35. The van der Waals surface area contributed by atoms with Gasteiger partial charge in [-0.3, -0.25) is 0 Å². The van der Waals surface area contributed by atoms with E-state index in [4.69, 9.17) is 0 Å². The van der Waals surface area contributed by atoms with Gasteiger partial charge < -0.3 is 9.78 Å². The van der Waals surface area contributed by atoms with Crippen LogP contribution in [0.3, 0.4) is 0 Å². The summed E-state index contributed by atoms with van der Waals surface area (Å²) in [5.41, 5.74) is 2.39. The van der Waals surface area contributed by atoms with Crippen molar-refractivity contribution in [1.29, 1.82) is 0 Å². The second-order valence-corrected chi connectivity index (χ2v) is 2.87. The zero-order chi connectivity index (χ0) is 9.80. The maximum absolute atomic E-state index is 10.4. The Balaban J connectivity index is 0.00000112. The first-order valence-corrected chi connectivity index (χ1v) is 4.28. The van der Waals surface area contributed by atoms with Crippen molar-refractivity contribution in [2.75, 3.05) is 0 Å². The van der Waals surface area contributed by atoms with E-state index in [1.807, 2.05) is 24.3 Å². The van der Waals surface area contributed by atoms with E-state index in [-0.39, 0.29) is 20.1 Å². The van der Waals surface area contributed by atoms with Crippen LogP contribution < -0.4 is 0 Å². The molecule has 0 amide bonds. The van der Waals surface area contributed by atoms with Gasteiger partial charge in [-0.1, -0.05) is 17.7 Å². The van der Waals surface area contributed by atoms with E-state index in [1.54, 1.807) is 18.3 Å². The van der Waals surface area contributed by atoms with Gasteiger partial charge in [-0.15, -0.1) is 29.8 Å². The summed E-state index contributed by atoms with van der Waals surface area (Å²) in [4.78, 5) is 14.6. The first-order valence-electron chi connectivity index (χ1n) is 4.28. The van der Waals surface area contributed by atoms with E-state index >= 15 is 0 Å². The number of carbonyl (C=O) groups excluding carboxylic acids is 1. The molecule has 0 aliphatic carbocycles. The van der Waals surface area contributed by atoms with Crippen LogP contribution in [0.25, 0.3) is 11.3 Å². The number of benzene rings is 1. The van der Waals surface area contributed by atoms with Crippen LogP contribution in [-0.2, 0) is 20.1 Å². The fraction of sp³-hybridized carbons (Fsp3) is 0. The van der Waals surface area contributed by atoms with Crippen molar-refractivity contribution in [2.24, 2.45) is 0 Å². The molecule has 1 aromatic heterocycles. The third-order valence-electron chi connectivity index (χ3n) is 1.91. The fourth-order valence-corrected chi connectivity index (χ4v) is 1.19. The average Bonchev–Trinajstić information content (AvgIpc) is 2.30. The molecule has 1 radical (unpaired) electrons. The smallest absolute Gasteiger partial charge is 0.109 e. The van der Waals surface area contributed by atoms with Crippen molar-refractivity contribution < 1.29 is 24.9 Å². The monoisotopic (exact) mass is 375 g/mol. The SMILES string of the molecule is O=Cc1c[c-]c(-c2ccccn2)cc1.[Ir]. The van der Waals surface area contributed by atoms with Crippen LogP contribution in [-0.4, -0.2) is 11.3 Å². The molecule has 0 unspecified atom stereocenters. The quantitative estimate of drug-likeness (QED) is 0.597. The van der Waals surface area contributed by atoms with E-state index < -0.39 is 0 Å². The van der Waals surface area contributed by atoms with Crippen LogP contribution in [0, 0.1) is 6.07 Å². The van der Waals surface area contributed by atoms with Crippen LogP contribution in [0.2, 0.25) is 0 Å². The molecule has 0 bridgehead atoms. The number of hydrogen-bond acceptors (Lipinski definition) is 2. The van der Waals surface area contributed by atoms with E-state index in [9.17, 15) is 4.79 Å². The molecule has 15 heavy (non-hydrogen) atoms. The van der Waals surface area contributed by atoms with Crippen LogP contribution in [0.15, 0.2) is 42.6 Å². The van der Waals surface area contributed by atoms with Gasteiger partial charge in [0.1, 0.15) is 6.29 Å². The molecular weight excluding hydrogens is 366 g/mol. The zero-order valence-corrected chi connectivity index (χ0v) is 10.2. The van der Waals surface area contributed by atoms with E-state index in [1.165, 1.54) is 0 Å². The molecule has 0 atom stereocenters. The van der Waals surface area contributed by atoms with Crippen molar-refractivity contribution in [3.63, 3.8) is 0 Å². The number of rotatable bonds is 2. The van der Waals surface area contributed by atoms with Gasteiger partial charge in [0.05, 0.1) is 0 Å². The van der Waals surface area contributed by atoms with Crippen molar-refractivity contribution in [2.45, 2.75) is 0 Å². The number of hydrogen-bond donors (Lipinski definition) is 0. The van der Waals surface area contributed by atoms with Gasteiger partial charge in [0.2, 0.25) is 0 Å². The first kappa shape index (κ1) is 11.8. The van der Waals surface area contributed by atoms with Crippen LogP contribution in [0.4, 0.5) is 0 Å². The molecule has 0 fully saturated rings. The maximum Gasteiger partial charge on any atom is 0.109 e. The molecule has 3 heteroatoms. The van der Waals surface area contributed by atoms with Gasteiger partial charge in [0.15, 0.2) is 0 Å². The van der Waals surface area contributed by atoms with Crippen molar-refractivity contribution in [3.8, 4) is 11.3 Å².